The van der Waals surface area contributed by atoms with E-state index in [0.29, 0.717) is 0 Å². The second-order valence-corrected chi connectivity index (χ2v) is 11.3. The SMILES string of the molecule is CCN(CC)c1ccc(/C=C/c2cc[n+](CCCCCC[n+]3ccc(/C=C/c4ccc(N(CC)CC)cc4)cc3)cc2)cc1. The van der Waals surface area contributed by atoms with Gasteiger partial charge in [0.05, 0.1) is 0 Å². The van der Waals surface area contributed by atoms with Crippen LogP contribution in [0.15, 0.2) is 97.6 Å². The Morgan fingerprint density at radius 3 is 1.00 bits per heavy atom. The van der Waals surface area contributed by atoms with Crippen molar-refractivity contribution in [2.45, 2.75) is 66.5 Å². The Balaban J connectivity index is 1.12. The number of aryl methyl sites for hydroxylation is 2. The average Bonchev–Trinajstić information content (AvgIpc) is 3.08. The highest BCUT2D eigenvalue weighted by Gasteiger charge is 2.04. The predicted octanol–water partition coefficient (Wildman–Crippen LogP) is 8.56. The Bertz CT molecular complexity index is 1300. The van der Waals surface area contributed by atoms with Gasteiger partial charge < -0.3 is 9.80 Å². The topological polar surface area (TPSA) is 14.2 Å². The molecule has 44 heavy (non-hydrogen) atoms. The van der Waals surface area contributed by atoms with Gasteiger partial charge in [-0.3, -0.25) is 0 Å². The number of hydrogen-bond acceptors (Lipinski definition) is 2. The molecule has 0 aliphatic carbocycles. The molecule has 0 unspecified atom stereocenters. The summed E-state index contributed by atoms with van der Waals surface area (Å²) in [5.41, 5.74) is 7.51. The van der Waals surface area contributed by atoms with E-state index in [2.05, 4.69) is 169 Å². The zero-order chi connectivity index (χ0) is 31.0. The molecule has 0 spiro atoms. The van der Waals surface area contributed by atoms with Crippen molar-refractivity contribution < 1.29 is 9.13 Å². The minimum absolute atomic E-state index is 1.04. The lowest BCUT2D eigenvalue weighted by atomic mass is 10.1. The van der Waals surface area contributed by atoms with Crippen LogP contribution in [0, 0.1) is 0 Å². The van der Waals surface area contributed by atoms with Crippen molar-refractivity contribution in [2.24, 2.45) is 0 Å². The molecule has 2 heterocycles. The molecule has 0 bridgehead atoms. The summed E-state index contributed by atoms with van der Waals surface area (Å²) in [5, 5.41) is 0. The number of unbranched alkanes of at least 4 members (excludes halogenated alkanes) is 3. The average molecular weight is 589 g/mol. The van der Waals surface area contributed by atoms with E-state index in [1.807, 2.05) is 0 Å². The molecule has 0 saturated carbocycles. The van der Waals surface area contributed by atoms with E-state index in [-0.39, 0.29) is 0 Å². The minimum atomic E-state index is 1.04. The van der Waals surface area contributed by atoms with Crippen molar-refractivity contribution in [1.29, 1.82) is 0 Å². The Morgan fingerprint density at radius 2 is 0.705 bits per heavy atom. The number of aromatic nitrogens is 2. The molecule has 4 nitrogen and oxygen atoms in total. The van der Waals surface area contributed by atoms with E-state index in [0.717, 1.165) is 39.3 Å². The van der Waals surface area contributed by atoms with Crippen molar-refractivity contribution in [3.8, 4) is 0 Å². The highest BCUT2D eigenvalue weighted by atomic mass is 15.1. The third-order valence-corrected chi connectivity index (χ3v) is 8.40. The summed E-state index contributed by atoms with van der Waals surface area (Å²) in [5.74, 6) is 0. The molecule has 0 aliphatic heterocycles. The maximum atomic E-state index is 2.37. The molecule has 0 atom stereocenters. The third-order valence-electron chi connectivity index (χ3n) is 8.40. The van der Waals surface area contributed by atoms with E-state index in [1.165, 1.54) is 59.3 Å². The molecule has 4 heteroatoms. The normalized spacial score (nSPS) is 11.5. The van der Waals surface area contributed by atoms with Gasteiger partial charge in [0.2, 0.25) is 0 Å². The number of pyridine rings is 2. The number of nitrogens with zero attached hydrogens (tertiary/aromatic N) is 4. The monoisotopic (exact) mass is 588 g/mol. The minimum Gasteiger partial charge on any atom is -0.372 e. The first-order valence-electron chi connectivity index (χ1n) is 16.7. The Morgan fingerprint density at radius 1 is 0.409 bits per heavy atom. The highest BCUT2D eigenvalue weighted by molar-refractivity contribution is 5.71. The smallest absolute Gasteiger partial charge is 0.169 e. The van der Waals surface area contributed by atoms with Gasteiger partial charge in [-0.2, -0.15) is 0 Å². The van der Waals surface area contributed by atoms with Crippen LogP contribution in [0.5, 0.6) is 0 Å². The molecule has 2 aromatic heterocycles. The fraction of sp³-hybridized carbons (Fsp3) is 0.350. The largest absolute Gasteiger partial charge is 0.372 e. The van der Waals surface area contributed by atoms with Gasteiger partial charge in [0.15, 0.2) is 24.8 Å². The van der Waals surface area contributed by atoms with Crippen LogP contribution < -0.4 is 18.9 Å². The molecule has 0 N–H and O–H groups in total. The van der Waals surface area contributed by atoms with Gasteiger partial charge in [-0.15, -0.1) is 0 Å². The molecule has 4 aromatic rings. The molecule has 2 aromatic carbocycles. The molecule has 0 saturated heterocycles. The molecule has 230 valence electrons. The van der Waals surface area contributed by atoms with Crippen LogP contribution in [0.1, 0.15) is 75.6 Å². The summed E-state index contributed by atoms with van der Waals surface area (Å²) in [6.07, 6.45) is 22.5. The van der Waals surface area contributed by atoms with E-state index in [9.17, 15) is 0 Å². The number of hydrogen-bond donors (Lipinski definition) is 0. The number of anilines is 2. The summed E-state index contributed by atoms with van der Waals surface area (Å²) in [6.45, 7) is 15.1. The van der Waals surface area contributed by atoms with Gasteiger partial charge in [-0.1, -0.05) is 48.6 Å². The standard InChI is InChI=1S/C40H52N4/c1-5-43(6-2)39-21-17-35(18-22-39)13-15-37-25-31-41(32-26-37)29-11-9-10-12-30-42-33-27-38(28-34-42)16-14-36-19-23-40(24-20-36)44(7-3)8-4/h13-28,31-34H,5-12,29-30H2,1-4H3/q+2. The van der Waals surface area contributed by atoms with Crippen LogP contribution in [-0.2, 0) is 13.1 Å². The molecule has 0 aliphatic rings. The summed E-state index contributed by atoms with van der Waals surface area (Å²) in [4.78, 5) is 4.74. The molecule has 0 fully saturated rings. The maximum Gasteiger partial charge on any atom is 0.169 e. The van der Waals surface area contributed by atoms with Crippen LogP contribution in [-0.4, -0.2) is 26.2 Å². The second-order valence-electron chi connectivity index (χ2n) is 11.3. The van der Waals surface area contributed by atoms with Gasteiger partial charge in [0.25, 0.3) is 0 Å². The van der Waals surface area contributed by atoms with Crippen molar-refractivity contribution in [2.75, 3.05) is 36.0 Å². The summed E-state index contributed by atoms with van der Waals surface area (Å²) in [6, 6.07) is 26.5. The van der Waals surface area contributed by atoms with E-state index < -0.39 is 0 Å². The Labute approximate surface area is 266 Å². The van der Waals surface area contributed by atoms with Crippen LogP contribution >= 0.6 is 0 Å². The van der Waals surface area contributed by atoms with Crippen LogP contribution in [0.3, 0.4) is 0 Å². The van der Waals surface area contributed by atoms with Crippen molar-refractivity contribution >= 4 is 35.7 Å². The number of rotatable bonds is 17. The molecular formula is C40H52N4+2. The summed E-state index contributed by atoms with van der Waals surface area (Å²) in [7, 11) is 0. The first kappa shape index (κ1) is 32.7. The molecule has 4 rings (SSSR count). The van der Waals surface area contributed by atoms with Crippen molar-refractivity contribution in [3.05, 3.63) is 120 Å². The lowest BCUT2D eigenvalue weighted by Crippen LogP contribution is -2.33. The first-order chi connectivity index (χ1) is 21.6. The lowest BCUT2D eigenvalue weighted by Gasteiger charge is -2.20. The first-order valence-corrected chi connectivity index (χ1v) is 16.7. The quantitative estimate of drug-likeness (QED) is 0.0906. The summed E-state index contributed by atoms with van der Waals surface area (Å²) < 4.78 is 4.60. The van der Waals surface area contributed by atoms with Gasteiger partial charge in [0, 0.05) is 74.7 Å². The molecule has 0 amide bonds. The van der Waals surface area contributed by atoms with E-state index in [4.69, 9.17) is 0 Å². The summed E-state index contributed by atoms with van der Waals surface area (Å²) >= 11 is 0. The van der Waals surface area contributed by atoms with Gasteiger partial charge in [0.1, 0.15) is 13.1 Å². The maximum absolute atomic E-state index is 2.37. The molecular weight excluding hydrogens is 536 g/mol. The lowest BCUT2D eigenvalue weighted by molar-refractivity contribution is -0.698. The second kappa shape index (κ2) is 17.8. The fourth-order valence-corrected chi connectivity index (χ4v) is 5.56. The van der Waals surface area contributed by atoms with E-state index >= 15 is 0 Å². The van der Waals surface area contributed by atoms with Crippen molar-refractivity contribution in [3.63, 3.8) is 0 Å². The van der Waals surface area contributed by atoms with Crippen LogP contribution in [0.25, 0.3) is 24.3 Å². The zero-order valence-electron chi connectivity index (χ0n) is 27.4. The van der Waals surface area contributed by atoms with Gasteiger partial charge in [-0.25, -0.2) is 9.13 Å². The molecule has 0 radical (unpaired) electrons. The Hall–Kier alpha value is -4.18. The zero-order valence-corrected chi connectivity index (χ0v) is 27.4. The van der Waals surface area contributed by atoms with Crippen LogP contribution in [0.4, 0.5) is 11.4 Å². The predicted molar refractivity (Wildman–Crippen MR) is 190 cm³/mol. The van der Waals surface area contributed by atoms with Crippen molar-refractivity contribution in [1.82, 2.24) is 0 Å². The van der Waals surface area contributed by atoms with Gasteiger partial charge in [-0.05, 0) is 87.1 Å². The Kier molecular flexibility index (Phi) is 13.3. The van der Waals surface area contributed by atoms with E-state index in [1.54, 1.807) is 0 Å². The number of benzene rings is 2. The highest BCUT2D eigenvalue weighted by Crippen LogP contribution is 2.18. The van der Waals surface area contributed by atoms with Crippen LogP contribution in [0.2, 0.25) is 0 Å². The fourth-order valence-electron chi connectivity index (χ4n) is 5.56. The van der Waals surface area contributed by atoms with Gasteiger partial charge >= 0.3 is 0 Å². The third kappa shape index (κ3) is 10.2.